The molecule has 0 saturated carbocycles. The monoisotopic (exact) mass is 413 g/mol. The summed E-state index contributed by atoms with van der Waals surface area (Å²) in [6.07, 6.45) is 3.63. The van der Waals surface area contributed by atoms with Crippen LogP contribution in [0.25, 0.3) is 0 Å². The second-order valence-corrected chi connectivity index (χ2v) is 6.94. The van der Waals surface area contributed by atoms with Crippen molar-refractivity contribution in [1.29, 1.82) is 0 Å². The van der Waals surface area contributed by atoms with Gasteiger partial charge in [-0.1, -0.05) is 31.9 Å². The van der Waals surface area contributed by atoms with Crippen LogP contribution in [0.1, 0.15) is 42.1 Å². The number of thiocarbonyl (C=S) groups is 1. The van der Waals surface area contributed by atoms with Gasteiger partial charge in [0.25, 0.3) is 5.91 Å². The Morgan fingerprint density at radius 3 is 2.31 bits per heavy atom. The summed E-state index contributed by atoms with van der Waals surface area (Å²) >= 11 is 5.21. The van der Waals surface area contributed by atoms with Gasteiger partial charge in [0, 0.05) is 18.3 Å². The summed E-state index contributed by atoms with van der Waals surface area (Å²) in [5.74, 6) is 0.400. The number of carbonyl (C=O) groups excluding carboxylic acids is 2. The van der Waals surface area contributed by atoms with Crippen molar-refractivity contribution in [2.45, 2.75) is 32.6 Å². The highest BCUT2D eigenvalue weighted by Crippen LogP contribution is 2.13. The quantitative estimate of drug-likeness (QED) is 0.432. The molecule has 0 fully saturated rings. The standard InChI is InChI=1S/C22H27N3O3S/c1-3-4-5-14-28-19-12-8-17(9-13-19)21(27)25-22(29)24-18-10-6-16(7-11-18)15-20(26)23-2/h6-13H,3-5,14-15H2,1-2H3,(H,23,26)(H2,24,25,27,29). The number of hydrogen-bond acceptors (Lipinski definition) is 4. The Morgan fingerprint density at radius 2 is 1.69 bits per heavy atom. The Balaban J connectivity index is 1.82. The molecule has 0 spiro atoms. The van der Waals surface area contributed by atoms with Gasteiger partial charge in [0.15, 0.2) is 5.11 Å². The first kappa shape index (κ1) is 22.4. The third kappa shape index (κ3) is 7.91. The summed E-state index contributed by atoms with van der Waals surface area (Å²) < 4.78 is 5.65. The molecule has 0 aliphatic heterocycles. The fourth-order valence-corrected chi connectivity index (χ4v) is 2.77. The Morgan fingerprint density at radius 1 is 1.00 bits per heavy atom. The highest BCUT2D eigenvalue weighted by atomic mass is 32.1. The van der Waals surface area contributed by atoms with Gasteiger partial charge in [0.1, 0.15) is 5.75 Å². The van der Waals surface area contributed by atoms with E-state index in [1.165, 1.54) is 0 Å². The van der Waals surface area contributed by atoms with Crippen molar-refractivity contribution in [3.63, 3.8) is 0 Å². The summed E-state index contributed by atoms with van der Waals surface area (Å²) in [6.45, 7) is 2.82. The van der Waals surface area contributed by atoms with Crippen LogP contribution in [-0.4, -0.2) is 30.6 Å². The molecule has 154 valence electrons. The van der Waals surface area contributed by atoms with Gasteiger partial charge in [0.05, 0.1) is 13.0 Å². The van der Waals surface area contributed by atoms with E-state index in [-0.39, 0.29) is 16.9 Å². The molecule has 0 aliphatic carbocycles. The van der Waals surface area contributed by atoms with Gasteiger partial charge in [-0.2, -0.15) is 0 Å². The van der Waals surface area contributed by atoms with Crippen LogP contribution in [0.4, 0.5) is 5.69 Å². The van der Waals surface area contributed by atoms with Crippen LogP contribution in [0, 0.1) is 0 Å². The van der Waals surface area contributed by atoms with Crippen molar-refractivity contribution in [2.75, 3.05) is 19.0 Å². The van der Waals surface area contributed by atoms with Gasteiger partial charge < -0.3 is 15.4 Å². The molecule has 2 aromatic rings. The number of benzene rings is 2. The number of nitrogens with one attached hydrogen (secondary N) is 3. The van der Waals surface area contributed by atoms with Crippen LogP contribution in [-0.2, 0) is 11.2 Å². The Kier molecular flexibility index (Phi) is 9.11. The van der Waals surface area contributed by atoms with E-state index in [1.807, 2.05) is 12.1 Å². The minimum absolute atomic E-state index is 0.0501. The van der Waals surface area contributed by atoms with Gasteiger partial charge in [-0.3, -0.25) is 14.9 Å². The fourth-order valence-electron chi connectivity index (χ4n) is 2.56. The maximum atomic E-state index is 12.3. The highest BCUT2D eigenvalue weighted by Gasteiger charge is 2.09. The molecule has 0 unspecified atom stereocenters. The summed E-state index contributed by atoms with van der Waals surface area (Å²) in [5, 5.41) is 8.41. The van der Waals surface area contributed by atoms with Gasteiger partial charge in [-0.15, -0.1) is 0 Å². The van der Waals surface area contributed by atoms with E-state index in [4.69, 9.17) is 17.0 Å². The van der Waals surface area contributed by atoms with Gasteiger partial charge in [-0.05, 0) is 60.6 Å². The number of amides is 2. The smallest absolute Gasteiger partial charge is 0.257 e. The molecule has 2 rings (SSSR count). The molecule has 0 heterocycles. The normalized spacial score (nSPS) is 10.1. The summed E-state index contributed by atoms with van der Waals surface area (Å²) in [6, 6.07) is 14.3. The van der Waals surface area contributed by atoms with Crippen molar-refractivity contribution >= 4 is 34.8 Å². The molecule has 0 bridgehead atoms. The second kappa shape index (κ2) is 11.8. The number of unbranched alkanes of at least 4 members (excludes halogenated alkanes) is 2. The maximum absolute atomic E-state index is 12.3. The topological polar surface area (TPSA) is 79.5 Å². The van der Waals surface area contributed by atoms with E-state index in [1.54, 1.807) is 43.4 Å². The zero-order chi connectivity index (χ0) is 21.1. The third-order valence-electron chi connectivity index (χ3n) is 4.22. The summed E-state index contributed by atoms with van der Waals surface area (Å²) in [4.78, 5) is 23.7. The molecule has 2 amide bonds. The van der Waals surface area contributed by atoms with Gasteiger partial charge in [0.2, 0.25) is 5.91 Å². The van der Waals surface area contributed by atoms with E-state index >= 15 is 0 Å². The van der Waals surface area contributed by atoms with Crippen LogP contribution in [0.15, 0.2) is 48.5 Å². The van der Waals surface area contributed by atoms with Crippen molar-refractivity contribution in [2.24, 2.45) is 0 Å². The molecule has 29 heavy (non-hydrogen) atoms. The van der Waals surface area contributed by atoms with E-state index in [0.717, 1.165) is 36.3 Å². The number of carbonyl (C=O) groups is 2. The zero-order valence-electron chi connectivity index (χ0n) is 16.8. The molecule has 6 nitrogen and oxygen atoms in total. The summed E-state index contributed by atoms with van der Waals surface area (Å²) in [5.41, 5.74) is 2.12. The average molecular weight is 414 g/mol. The first-order valence-corrected chi connectivity index (χ1v) is 10.1. The minimum atomic E-state index is -0.295. The molecular formula is C22H27N3O3S. The van der Waals surface area contributed by atoms with Crippen LogP contribution in [0.5, 0.6) is 5.75 Å². The molecule has 0 aromatic heterocycles. The van der Waals surface area contributed by atoms with Gasteiger partial charge in [-0.25, -0.2) is 0 Å². The Bertz CT molecular complexity index is 820. The Hall–Kier alpha value is -2.93. The summed E-state index contributed by atoms with van der Waals surface area (Å²) in [7, 11) is 1.60. The molecule has 0 atom stereocenters. The number of hydrogen-bond donors (Lipinski definition) is 3. The number of likely N-dealkylation sites (N-methyl/N-ethyl adjacent to an activating group) is 1. The van der Waals surface area contributed by atoms with Crippen molar-refractivity contribution < 1.29 is 14.3 Å². The molecule has 0 saturated heterocycles. The largest absolute Gasteiger partial charge is 0.494 e. The van der Waals surface area contributed by atoms with Crippen LogP contribution < -0.4 is 20.7 Å². The van der Waals surface area contributed by atoms with Crippen LogP contribution >= 0.6 is 12.2 Å². The molecule has 7 heteroatoms. The molecular weight excluding hydrogens is 386 g/mol. The van der Waals surface area contributed by atoms with Gasteiger partial charge >= 0.3 is 0 Å². The lowest BCUT2D eigenvalue weighted by atomic mass is 10.1. The van der Waals surface area contributed by atoms with Crippen LogP contribution in [0.2, 0.25) is 0 Å². The lowest BCUT2D eigenvalue weighted by Gasteiger charge is -2.11. The maximum Gasteiger partial charge on any atom is 0.257 e. The SMILES string of the molecule is CCCCCOc1ccc(C(=O)NC(=S)Nc2ccc(CC(=O)NC)cc2)cc1. The lowest BCUT2D eigenvalue weighted by Crippen LogP contribution is -2.34. The van der Waals surface area contributed by atoms with Crippen molar-refractivity contribution in [3.05, 3.63) is 59.7 Å². The predicted octanol–water partition coefficient (Wildman–Crippen LogP) is 3.67. The first-order valence-electron chi connectivity index (χ1n) is 9.66. The second-order valence-electron chi connectivity index (χ2n) is 6.54. The van der Waals surface area contributed by atoms with Crippen molar-refractivity contribution in [3.8, 4) is 5.75 Å². The van der Waals surface area contributed by atoms with E-state index < -0.39 is 0 Å². The first-order chi connectivity index (χ1) is 14.0. The molecule has 3 N–H and O–H groups in total. The predicted molar refractivity (Wildman–Crippen MR) is 119 cm³/mol. The van der Waals surface area contributed by atoms with E-state index in [9.17, 15) is 9.59 Å². The van der Waals surface area contributed by atoms with E-state index in [2.05, 4.69) is 22.9 Å². The fraction of sp³-hybridized carbons (Fsp3) is 0.318. The lowest BCUT2D eigenvalue weighted by molar-refractivity contribution is -0.119. The highest BCUT2D eigenvalue weighted by molar-refractivity contribution is 7.80. The zero-order valence-corrected chi connectivity index (χ0v) is 17.6. The molecule has 0 radical (unpaired) electrons. The van der Waals surface area contributed by atoms with Crippen LogP contribution in [0.3, 0.4) is 0 Å². The number of anilines is 1. The average Bonchev–Trinajstić information content (AvgIpc) is 2.73. The molecule has 2 aromatic carbocycles. The minimum Gasteiger partial charge on any atom is -0.494 e. The Labute approximate surface area is 177 Å². The van der Waals surface area contributed by atoms with E-state index in [0.29, 0.717) is 18.6 Å². The number of rotatable bonds is 9. The van der Waals surface area contributed by atoms with Crippen molar-refractivity contribution in [1.82, 2.24) is 10.6 Å². The third-order valence-corrected chi connectivity index (χ3v) is 4.42. The number of ether oxygens (including phenoxy) is 1. The molecule has 0 aliphatic rings.